The molecule has 1 N–H and O–H groups in total. The maximum absolute atomic E-state index is 12.3. The molecule has 0 fully saturated rings. The van der Waals surface area contributed by atoms with E-state index in [9.17, 15) is 4.79 Å². The molecule has 0 saturated carbocycles. The van der Waals surface area contributed by atoms with E-state index in [2.05, 4.69) is 26.1 Å². The Bertz CT molecular complexity index is 1130. The molecule has 0 aliphatic carbocycles. The summed E-state index contributed by atoms with van der Waals surface area (Å²) in [5.74, 6) is -0.0340. The smallest absolute Gasteiger partial charge is 0.221 e. The van der Waals surface area contributed by atoms with Crippen LogP contribution in [-0.4, -0.2) is 30.3 Å². The van der Waals surface area contributed by atoms with Crippen molar-refractivity contribution in [2.24, 2.45) is 7.05 Å². The van der Waals surface area contributed by atoms with Gasteiger partial charge in [0.25, 0.3) is 0 Å². The largest absolute Gasteiger partial charge is 0.350 e. The van der Waals surface area contributed by atoms with Crippen molar-refractivity contribution in [3.63, 3.8) is 0 Å². The standard InChI is InChI=1S/C18H16N6O/c1-23-15-6-5-11(8-13(15)21-22-23)12-9-17(25)19-10-14-18(12)24-7-3-2-4-16(24)20-14/h2-8,12H,9-10H2,1H3,(H,19,25)/t12-/m0/s1. The van der Waals surface area contributed by atoms with Gasteiger partial charge in [-0.15, -0.1) is 5.10 Å². The van der Waals surface area contributed by atoms with Gasteiger partial charge in [-0.1, -0.05) is 17.3 Å². The fourth-order valence-electron chi connectivity index (χ4n) is 3.65. The Morgan fingerprint density at radius 2 is 2.16 bits per heavy atom. The van der Waals surface area contributed by atoms with Crippen LogP contribution in [-0.2, 0) is 18.4 Å². The molecule has 1 aliphatic rings. The third kappa shape index (κ3) is 2.12. The molecule has 3 aromatic heterocycles. The number of carbonyl (C=O) groups is 1. The summed E-state index contributed by atoms with van der Waals surface area (Å²) in [6.07, 6.45) is 2.40. The topological polar surface area (TPSA) is 77.1 Å². The average Bonchev–Trinajstić information content (AvgIpc) is 3.13. The maximum Gasteiger partial charge on any atom is 0.221 e. The average molecular weight is 332 g/mol. The van der Waals surface area contributed by atoms with Crippen LogP contribution >= 0.6 is 0 Å². The minimum absolute atomic E-state index is 0.0342. The second-order valence-corrected chi connectivity index (χ2v) is 6.37. The third-order valence-corrected chi connectivity index (χ3v) is 4.85. The molecule has 0 unspecified atom stereocenters. The lowest BCUT2D eigenvalue weighted by Gasteiger charge is -2.15. The van der Waals surface area contributed by atoms with Crippen LogP contribution in [0.15, 0.2) is 42.6 Å². The predicted molar refractivity (Wildman–Crippen MR) is 92.0 cm³/mol. The van der Waals surface area contributed by atoms with Crippen molar-refractivity contribution < 1.29 is 4.79 Å². The molecule has 7 heteroatoms. The molecule has 1 aromatic carbocycles. The summed E-state index contributed by atoms with van der Waals surface area (Å²) >= 11 is 0. The van der Waals surface area contributed by atoms with E-state index in [0.29, 0.717) is 13.0 Å². The van der Waals surface area contributed by atoms with Gasteiger partial charge in [-0.05, 0) is 29.8 Å². The molecule has 0 saturated heterocycles. The summed E-state index contributed by atoms with van der Waals surface area (Å²) in [4.78, 5) is 17.0. The molecule has 0 spiro atoms. The zero-order valence-corrected chi connectivity index (χ0v) is 13.7. The highest BCUT2D eigenvalue weighted by molar-refractivity contribution is 5.80. The summed E-state index contributed by atoms with van der Waals surface area (Å²) in [6.45, 7) is 0.458. The van der Waals surface area contributed by atoms with Gasteiger partial charge in [0, 0.05) is 25.6 Å². The minimum Gasteiger partial charge on any atom is -0.350 e. The van der Waals surface area contributed by atoms with Crippen LogP contribution in [0, 0.1) is 0 Å². The Labute approximate surface area is 143 Å². The monoisotopic (exact) mass is 332 g/mol. The third-order valence-electron chi connectivity index (χ3n) is 4.85. The summed E-state index contributed by atoms with van der Waals surface area (Å²) in [5.41, 5.74) is 5.74. The molecule has 7 nitrogen and oxygen atoms in total. The van der Waals surface area contributed by atoms with Gasteiger partial charge in [-0.25, -0.2) is 9.67 Å². The number of imidazole rings is 1. The van der Waals surface area contributed by atoms with Crippen molar-refractivity contribution >= 4 is 22.6 Å². The van der Waals surface area contributed by atoms with Gasteiger partial charge in [-0.3, -0.25) is 4.79 Å². The number of fused-ring (bicyclic) bond motifs is 4. The first-order valence-corrected chi connectivity index (χ1v) is 8.22. The Morgan fingerprint density at radius 3 is 3.08 bits per heavy atom. The molecule has 1 aliphatic heterocycles. The van der Waals surface area contributed by atoms with Crippen LogP contribution in [0.1, 0.15) is 29.3 Å². The van der Waals surface area contributed by atoms with Gasteiger partial charge in [-0.2, -0.15) is 0 Å². The van der Waals surface area contributed by atoms with E-state index in [-0.39, 0.29) is 11.8 Å². The molecule has 25 heavy (non-hydrogen) atoms. The second kappa shape index (κ2) is 5.14. The van der Waals surface area contributed by atoms with Gasteiger partial charge in [0.15, 0.2) is 0 Å². The molecule has 5 rings (SSSR count). The number of hydrogen-bond donors (Lipinski definition) is 1. The van der Waals surface area contributed by atoms with Crippen LogP contribution in [0.4, 0.5) is 0 Å². The van der Waals surface area contributed by atoms with Crippen LogP contribution in [0.25, 0.3) is 16.7 Å². The fraction of sp³-hybridized carbons (Fsp3) is 0.222. The lowest BCUT2D eigenvalue weighted by Crippen LogP contribution is -2.21. The number of aryl methyl sites for hydroxylation is 1. The number of amides is 1. The number of aromatic nitrogens is 5. The van der Waals surface area contributed by atoms with Crippen molar-refractivity contribution in [3.05, 3.63) is 59.5 Å². The first kappa shape index (κ1) is 14.2. The molecule has 4 heterocycles. The molecular formula is C18H16N6O. The molecule has 0 radical (unpaired) electrons. The number of rotatable bonds is 1. The number of nitrogens with one attached hydrogen (secondary N) is 1. The zero-order valence-electron chi connectivity index (χ0n) is 13.7. The van der Waals surface area contributed by atoms with Crippen molar-refractivity contribution in [1.82, 2.24) is 29.7 Å². The van der Waals surface area contributed by atoms with Crippen LogP contribution in [0.2, 0.25) is 0 Å². The number of pyridine rings is 1. The Balaban J connectivity index is 1.74. The number of nitrogens with zero attached hydrogens (tertiary/aromatic N) is 5. The molecule has 1 atom stereocenters. The van der Waals surface area contributed by atoms with Crippen molar-refractivity contribution in [1.29, 1.82) is 0 Å². The maximum atomic E-state index is 12.3. The van der Waals surface area contributed by atoms with Crippen molar-refractivity contribution in [2.75, 3.05) is 0 Å². The lowest BCUT2D eigenvalue weighted by molar-refractivity contribution is -0.121. The molecule has 0 bridgehead atoms. The summed E-state index contributed by atoms with van der Waals surface area (Å²) in [6, 6.07) is 12.0. The van der Waals surface area contributed by atoms with E-state index in [1.54, 1.807) is 4.68 Å². The van der Waals surface area contributed by atoms with E-state index in [1.807, 2.05) is 43.6 Å². The van der Waals surface area contributed by atoms with Crippen molar-refractivity contribution in [3.8, 4) is 0 Å². The highest BCUT2D eigenvalue weighted by Gasteiger charge is 2.29. The molecule has 1 amide bonds. The van der Waals surface area contributed by atoms with Gasteiger partial charge < -0.3 is 9.72 Å². The lowest BCUT2D eigenvalue weighted by atomic mass is 9.91. The predicted octanol–water partition coefficient (Wildman–Crippen LogP) is 1.77. The molecule has 124 valence electrons. The Hall–Kier alpha value is -3.22. The van der Waals surface area contributed by atoms with Crippen LogP contribution in [0.3, 0.4) is 0 Å². The quantitative estimate of drug-likeness (QED) is 0.576. The number of carbonyl (C=O) groups excluding carboxylic acids is 1. The van der Waals surface area contributed by atoms with E-state index in [0.717, 1.165) is 33.6 Å². The van der Waals surface area contributed by atoms with E-state index < -0.39 is 0 Å². The van der Waals surface area contributed by atoms with E-state index >= 15 is 0 Å². The number of benzene rings is 1. The van der Waals surface area contributed by atoms with Crippen LogP contribution in [0.5, 0.6) is 0 Å². The van der Waals surface area contributed by atoms with Crippen molar-refractivity contribution in [2.45, 2.75) is 18.9 Å². The normalized spacial score (nSPS) is 17.5. The minimum atomic E-state index is -0.0682. The van der Waals surface area contributed by atoms with E-state index in [1.165, 1.54) is 0 Å². The SMILES string of the molecule is Cn1nnc2cc([C@@H]3CC(=O)NCc4nc5ccccn5c43)ccc21. The Morgan fingerprint density at radius 1 is 1.24 bits per heavy atom. The second-order valence-electron chi connectivity index (χ2n) is 6.37. The van der Waals surface area contributed by atoms with Gasteiger partial charge in [0.2, 0.25) is 5.91 Å². The van der Waals surface area contributed by atoms with Gasteiger partial charge in [0.1, 0.15) is 11.2 Å². The molecule has 4 aromatic rings. The first-order valence-electron chi connectivity index (χ1n) is 8.22. The van der Waals surface area contributed by atoms with Crippen LogP contribution < -0.4 is 5.32 Å². The fourth-order valence-corrected chi connectivity index (χ4v) is 3.65. The first-order chi connectivity index (χ1) is 12.2. The van der Waals surface area contributed by atoms with Gasteiger partial charge in [0.05, 0.1) is 23.4 Å². The highest BCUT2D eigenvalue weighted by Crippen LogP contribution is 2.34. The number of hydrogen-bond acceptors (Lipinski definition) is 4. The summed E-state index contributed by atoms with van der Waals surface area (Å²) < 4.78 is 3.83. The molecular weight excluding hydrogens is 316 g/mol. The summed E-state index contributed by atoms with van der Waals surface area (Å²) in [5, 5.41) is 11.2. The zero-order chi connectivity index (χ0) is 17.0. The highest BCUT2D eigenvalue weighted by atomic mass is 16.1. The Kier molecular flexibility index (Phi) is 2.91. The van der Waals surface area contributed by atoms with Gasteiger partial charge >= 0.3 is 0 Å². The van der Waals surface area contributed by atoms with E-state index in [4.69, 9.17) is 4.98 Å². The summed E-state index contributed by atoms with van der Waals surface area (Å²) in [7, 11) is 1.87.